The molecule has 0 amide bonds. The van der Waals surface area contributed by atoms with E-state index in [9.17, 15) is 0 Å². The quantitative estimate of drug-likeness (QED) is 0.814. The van der Waals surface area contributed by atoms with Crippen molar-refractivity contribution in [1.82, 2.24) is 20.2 Å². The van der Waals surface area contributed by atoms with Crippen LogP contribution >= 0.6 is 11.6 Å². The number of nitrogens with zero attached hydrogens (tertiary/aromatic N) is 3. The fourth-order valence-electron chi connectivity index (χ4n) is 1.17. The Balaban J connectivity index is 2.25. The minimum absolute atomic E-state index is 0.544. The van der Waals surface area contributed by atoms with Crippen LogP contribution in [0.15, 0.2) is 18.3 Å². The van der Waals surface area contributed by atoms with Crippen LogP contribution in [0.5, 0.6) is 0 Å². The van der Waals surface area contributed by atoms with Gasteiger partial charge in [0.1, 0.15) is 11.5 Å². The van der Waals surface area contributed by atoms with E-state index in [2.05, 4.69) is 20.2 Å². The van der Waals surface area contributed by atoms with Gasteiger partial charge >= 0.3 is 0 Å². The zero-order chi connectivity index (χ0) is 10.7. The first kappa shape index (κ1) is 10.1. The minimum Gasteiger partial charge on any atom is -0.330 e. The van der Waals surface area contributed by atoms with E-state index in [1.807, 2.05) is 0 Å². The highest BCUT2D eigenvalue weighted by Gasteiger charge is 2.06. The predicted molar refractivity (Wildman–Crippen MR) is 57.4 cm³/mol. The lowest BCUT2D eigenvalue weighted by Gasteiger charge is -1.93. The van der Waals surface area contributed by atoms with E-state index in [1.165, 1.54) is 0 Å². The van der Waals surface area contributed by atoms with Crippen molar-refractivity contribution in [1.29, 1.82) is 0 Å². The van der Waals surface area contributed by atoms with E-state index in [1.54, 1.807) is 18.3 Å². The molecule has 0 atom stereocenters. The Labute approximate surface area is 91.7 Å². The summed E-state index contributed by atoms with van der Waals surface area (Å²) in [6.07, 6.45) is 2.25. The smallest absolute Gasteiger partial charge is 0.199 e. The van der Waals surface area contributed by atoms with Crippen LogP contribution in [0.4, 0.5) is 0 Å². The normalized spacial score (nSPS) is 10.5. The van der Waals surface area contributed by atoms with Crippen LogP contribution in [-0.2, 0) is 6.42 Å². The second kappa shape index (κ2) is 4.37. The molecule has 0 saturated heterocycles. The van der Waals surface area contributed by atoms with Crippen molar-refractivity contribution in [2.75, 3.05) is 6.54 Å². The van der Waals surface area contributed by atoms with E-state index in [4.69, 9.17) is 17.3 Å². The lowest BCUT2D eigenvalue weighted by molar-refractivity contribution is 0.874. The summed E-state index contributed by atoms with van der Waals surface area (Å²) in [6, 6.07) is 3.53. The average molecular weight is 224 g/mol. The molecule has 0 aliphatic heterocycles. The molecule has 15 heavy (non-hydrogen) atoms. The summed E-state index contributed by atoms with van der Waals surface area (Å²) >= 11 is 5.73. The van der Waals surface area contributed by atoms with Crippen molar-refractivity contribution < 1.29 is 0 Å². The van der Waals surface area contributed by atoms with Crippen molar-refractivity contribution in [3.8, 4) is 11.5 Å². The van der Waals surface area contributed by atoms with E-state index >= 15 is 0 Å². The van der Waals surface area contributed by atoms with Gasteiger partial charge in [-0.3, -0.25) is 10.1 Å². The van der Waals surface area contributed by atoms with Crippen molar-refractivity contribution in [3.63, 3.8) is 0 Å². The number of nitrogens with one attached hydrogen (secondary N) is 1. The Hall–Kier alpha value is -1.46. The molecular weight excluding hydrogens is 214 g/mol. The molecule has 0 aliphatic rings. The average Bonchev–Trinajstić information content (AvgIpc) is 2.68. The summed E-state index contributed by atoms with van der Waals surface area (Å²) in [7, 11) is 0. The third-order valence-corrected chi connectivity index (χ3v) is 2.09. The summed E-state index contributed by atoms with van der Waals surface area (Å²) in [5, 5.41) is 7.44. The second-order valence-electron chi connectivity index (χ2n) is 3.01. The van der Waals surface area contributed by atoms with Crippen LogP contribution in [0, 0.1) is 0 Å². The number of nitrogens with two attached hydrogens (primary N) is 1. The molecule has 0 bridgehead atoms. The number of rotatable bonds is 3. The largest absolute Gasteiger partial charge is 0.330 e. The van der Waals surface area contributed by atoms with Crippen LogP contribution in [0.25, 0.3) is 11.5 Å². The molecular formula is C9H10ClN5. The van der Waals surface area contributed by atoms with Crippen molar-refractivity contribution in [3.05, 3.63) is 29.2 Å². The molecule has 0 aromatic carbocycles. The molecule has 2 heterocycles. The zero-order valence-electron chi connectivity index (χ0n) is 7.94. The van der Waals surface area contributed by atoms with Gasteiger partial charge in [0, 0.05) is 12.6 Å². The van der Waals surface area contributed by atoms with Gasteiger partial charge in [-0.2, -0.15) is 5.10 Å². The summed E-state index contributed by atoms with van der Waals surface area (Å²) < 4.78 is 0. The highest BCUT2D eigenvalue weighted by atomic mass is 35.5. The third-order valence-electron chi connectivity index (χ3n) is 1.87. The monoisotopic (exact) mass is 223 g/mol. The SMILES string of the molecule is NCCc1nc(-c2ccc(Cl)cn2)n[nH]1. The highest BCUT2D eigenvalue weighted by Crippen LogP contribution is 2.14. The maximum Gasteiger partial charge on any atom is 0.199 e. The van der Waals surface area contributed by atoms with E-state index < -0.39 is 0 Å². The molecule has 0 saturated carbocycles. The van der Waals surface area contributed by atoms with E-state index in [0.29, 0.717) is 29.5 Å². The lowest BCUT2D eigenvalue weighted by atomic mass is 10.3. The maximum atomic E-state index is 5.73. The van der Waals surface area contributed by atoms with Crippen LogP contribution in [0.1, 0.15) is 5.82 Å². The Morgan fingerprint density at radius 3 is 2.93 bits per heavy atom. The van der Waals surface area contributed by atoms with Gasteiger partial charge < -0.3 is 5.73 Å². The lowest BCUT2D eigenvalue weighted by Crippen LogP contribution is -2.03. The van der Waals surface area contributed by atoms with Gasteiger partial charge in [0.15, 0.2) is 5.82 Å². The van der Waals surface area contributed by atoms with E-state index in [0.717, 1.165) is 5.82 Å². The number of halogens is 1. The molecule has 0 spiro atoms. The topological polar surface area (TPSA) is 80.5 Å². The minimum atomic E-state index is 0.544. The number of hydrogen-bond acceptors (Lipinski definition) is 4. The summed E-state index contributed by atoms with van der Waals surface area (Å²) in [5.41, 5.74) is 6.10. The summed E-state index contributed by atoms with van der Waals surface area (Å²) in [5.74, 6) is 1.33. The van der Waals surface area contributed by atoms with Crippen LogP contribution in [-0.4, -0.2) is 26.7 Å². The summed E-state index contributed by atoms with van der Waals surface area (Å²) in [4.78, 5) is 8.36. The number of aromatic amines is 1. The first-order chi connectivity index (χ1) is 7.29. The van der Waals surface area contributed by atoms with Crippen molar-refractivity contribution in [2.24, 2.45) is 5.73 Å². The van der Waals surface area contributed by atoms with Crippen LogP contribution in [0.2, 0.25) is 5.02 Å². The van der Waals surface area contributed by atoms with Crippen LogP contribution in [0.3, 0.4) is 0 Å². The van der Waals surface area contributed by atoms with Crippen molar-refractivity contribution in [2.45, 2.75) is 6.42 Å². The zero-order valence-corrected chi connectivity index (χ0v) is 8.70. The van der Waals surface area contributed by atoms with Crippen LogP contribution < -0.4 is 5.73 Å². The number of pyridine rings is 1. The van der Waals surface area contributed by atoms with Gasteiger partial charge in [-0.1, -0.05) is 11.6 Å². The number of aromatic nitrogens is 4. The van der Waals surface area contributed by atoms with Gasteiger partial charge in [0.05, 0.1) is 5.02 Å². The first-order valence-electron chi connectivity index (χ1n) is 4.53. The van der Waals surface area contributed by atoms with Gasteiger partial charge in [-0.05, 0) is 18.7 Å². The predicted octanol–water partition coefficient (Wildman–Crippen LogP) is 1.02. The fourth-order valence-corrected chi connectivity index (χ4v) is 1.28. The Bertz CT molecular complexity index is 436. The van der Waals surface area contributed by atoms with Gasteiger partial charge in [-0.25, -0.2) is 4.98 Å². The third kappa shape index (κ3) is 2.31. The van der Waals surface area contributed by atoms with Gasteiger partial charge in [-0.15, -0.1) is 0 Å². The Morgan fingerprint density at radius 2 is 2.27 bits per heavy atom. The molecule has 78 valence electrons. The second-order valence-corrected chi connectivity index (χ2v) is 3.44. The Morgan fingerprint density at radius 1 is 1.40 bits per heavy atom. The molecule has 5 nitrogen and oxygen atoms in total. The molecule has 2 rings (SSSR count). The molecule has 0 unspecified atom stereocenters. The molecule has 2 aromatic heterocycles. The molecule has 0 fully saturated rings. The fraction of sp³-hybridized carbons (Fsp3) is 0.222. The standard InChI is InChI=1S/C9H10ClN5/c10-6-1-2-7(12-5-6)9-13-8(3-4-11)14-15-9/h1-2,5H,3-4,11H2,(H,13,14,15). The molecule has 3 N–H and O–H groups in total. The van der Waals surface area contributed by atoms with Crippen molar-refractivity contribution >= 4 is 11.6 Å². The first-order valence-corrected chi connectivity index (χ1v) is 4.90. The van der Waals surface area contributed by atoms with Gasteiger partial charge in [0.25, 0.3) is 0 Å². The maximum absolute atomic E-state index is 5.73. The van der Waals surface area contributed by atoms with Gasteiger partial charge in [0.2, 0.25) is 0 Å². The number of hydrogen-bond donors (Lipinski definition) is 2. The molecule has 6 heteroatoms. The van der Waals surface area contributed by atoms with E-state index in [-0.39, 0.29) is 0 Å². The number of H-pyrrole nitrogens is 1. The molecule has 0 aliphatic carbocycles. The Kier molecular flexibility index (Phi) is 2.94. The molecule has 2 aromatic rings. The summed E-state index contributed by atoms with van der Waals surface area (Å²) in [6.45, 7) is 0.544. The molecule has 0 radical (unpaired) electrons. The highest BCUT2D eigenvalue weighted by molar-refractivity contribution is 6.30.